The molecule has 3 aromatic rings. The van der Waals surface area contributed by atoms with Crippen LogP contribution in [-0.4, -0.2) is 23.9 Å². The van der Waals surface area contributed by atoms with Crippen molar-refractivity contribution in [2.45, 2.75) is 32.7 Å². The van der Waals surface area contributed by atoms with Crippen molar-refractivity contribution in [1.82, 2.24) is 0 Å². The van der Waals surface area contributed by atoms with Gasteiger partial charge in [-0.15, -0.1) is 0 Å². The summed E-state index contributed by atoms with van der Waals surface area (Å²) in [6.07, 6.45) is 0. The van der Waals surface area contributed by atoms with Gasteiger partial charge in [-0.05, 0) is 72.0 Å². The molecule has 1 N–H and O–H groups in total. The first kappa shape index (κ1) is 24.8. The summed E-state index contributed by atoms with van der Waals surface area (Å²) in [5.74, 6) is -0.985. The summed E-state index contributed by atoms with van der Waals surface area (Å²) in [5.41, 5.74) is 3.22. The molecule has 1 saturated heterocycles. The fourth-order valence-electron chi connectivity index (χ4n) is 4.28. The number of benzene rings is 3. The molecule has 7 heteroatoms. The SMILES string of the molecule is COc1ccc(/C(O)=C2/C(=O)C(=O)N(c3ccc(C)c(Cl)c3)C2c2ccc(Cl)cc2)cc1C(C)C. The number of carbonyl (C=O) groups is 2. The molecular weight excluding hydrogens is 485 g/mol. The van der Waals surface area contributed by atoms with Crippen LogP contribution in [0.2, 0.25) is 10.0 Å². The maximum absolute atomic E-state index is 13.4. The van der Waals surface area contributed by atoms with Crippen LogP contribution in [0.1, 0.15) is 48.1 Å². The molecular formula is C28H25Cl2NO4. The van der Waals surface area contributed by atoms with Crippen LogP contribution in [-0.2, 0) is 9.59 Å². The molecule has 0 bridgehead atoms. The Hall–Kier alpha value is -3.28. The average molecular weight is 510 g/mol. The predicted molar refractivity (Wildman–Crippen MR) is 140 cm³/mol. The first-order valence-corrected chi connectivity index (χ1v) is 11.9. The Morgan fingerprint density at radius 2 is 1.69 bits per heavy atom. The van der Waals surface area contributed by atoms with Crippen molar-refractivity contribution in [3.63, 3.8) is 0 Å². The van der Waals surface area contributed by atoms with Crippen LogP contribution in [0.25, 0.3) is 5.76 Å². The van der Waals surface area contributed by atoms with Crippen molar-refractivity contribution in [2.75, 3.05) is 12.0 Å². The second kappa shape index (κ2) is 9.76. The van der Waals surface area contributed by atoms with Crippen molar-refractivity contribution in [3.8, 4) is 5.75 Å². The van der Waals surface area contributed by atoms with Crippen molar-refractivity contribution in [3.05, 3.63) is 98.5 Å². The van der Waals surface area contributed by atoms with E-state index in [-0.39, 0.29) is 17.3 Å². The third-order valence-corrected chi connectivity index (χ3v) is 6.85. The van der Waals surface area contributed by atoms with Crippen molar-refractivity contribution < 1.29 is 19.4 Å². The zero-order valence-electron chi connectivity index (χ0n) is 19.8. The van der Waals surface area contributed by atoms with E-state index in [1.54, 1.807) is 67.8 Å². The van der Waals surface area contributed by atoms with E-state index < -0.39 is 17.7 Å². The number of ether oxygens (including phenoxy) is 1. The molecule has 180 valence electrons. The Bertz CT molecular complexity index is 1350. The van der Waals surface area contributed by atoms with Gasteiger partial charge < -0.3 is 9.84 Å². The number of ketones is 1. The van der Waals surface area contributed by atoms with Gasteiger partial charge in [-0.3, -0.25) is 14.5 Å². The lowest BCUT2D eigenvalue weighted by molar-refractivity contribution is -0.132. The largest absolute Gasteiger partial charge is 0.507 e. The van der Waals surface area contributed by atoms with E-state index in [9.17, 15) is 14.7 Å². The molecule has 1 heterocycles. The summed E-state index contributed by atoms with van der Waals surface area (Å²) in [6, 6.07) is 16.4. The number of halogens is 2. The van der Waals surface area contributed by atoms with Crippen molar-refractivity contribution in [2.24, 2.45) is 0 Å². The Labute approximate surface area is 214 Å². The van der Waals surface area contributed by atoms with Crippen LogP contribution in [0.5, 0.6) is 5.75 Å². The first-order chi connectivity index (χ1) is 16.6. The summed E-state index contributed by atoms with van der Waals surface area (Å²) in [4.78, 5) is 28.0. The molecule has 0 aliphatic carbocycles. The number of Topliss-reactive ketones (excluding diaryl/α,β-unsaturated/α-hetero) is 1. The number of nitrogens with zero attached hydrogens (tertiary/aromatic N) is 1. The van der Waals surface area contributed by atoms with Gasteiger partial charge in [-0.2, -0.15) is 0 Å². The highest BCUT2D eigenvalue weighted by Crippen LogP contribution is 2.43. The van der Waals surface area contributed by atoms with Crippen molar-refractivity contribution in [1.29, 1.82) is 0 Å². The quantitative estimate of drug-likeness (QED) is 0.227. The molecule has 1 amide bonds. The van der Waals surface area contributed by atoms with Gasteiger partial charge in [0.2, 0.25) is 0 Å². The summed E-state index contributed by atoms with van der Waals surface area (Å²) >= 11 is 12.4. The Kier molecular flexibility index (Phi) is 6.93. The van der Waals surface area contributed by atoms with Gasteiger partial charge in [-0.25, -0.2) is 0 Å². The monoisotopic (exact) mass is 509 g/mol. The van der Waals surface area contributed by atoms with E-state index in [2.05, 4.69) is 0 Å². The minimum atomic E-state index is -0.865. The van der Waals surface area contributed by atoms with Gasteiger partial charge in [-0.1, -0.05) is 55.2 Å². The molecule has 5 nitrogen and oxygen atoms in total. The average Bonchev–Trinajstić information content (AvgIpc) is 3.10. The van der Waals surface area contributed by atoms with Crippen LogP contribution < -0.4 is 9.64 Å². The Morgan fingerprint density at radius 3 is 2.29 bits per heavy atom. The first-order valence-electron chi connectivity index (χ1n) is 11.1. The summed E-state index contributed by atoms with van der Waals surface area (Å²) in [6.45, 7) is 5.87. The number of methoxy groups -OCH3 is 1. The maximum Gasteiger partial charge on any atom is 0.300 e. The molecule has 0 radical (unpaired) electrons. The second-order valence-corrected chi connectivity index (χ2v) is 9.61. The second-order valence-electron chi connectivity index (χ2n) is 8.77. The molecule has 0 saturated carbocycles. The van der Waals surface area contributed by atoms with E-state index in [4.69, 9.17) is 27.9 Å². The van der Waals surface area contributed by atoms with E-state index in [1.165, 1.54) is 4.90 Å². The number of rotatable bonds is 5. The minimum absolute atomic E-state index is 0.00565. The number of amides is 1. The number of aliphatic hydroxyl groups is 1. The van der Waals surface area contributed by atoms with Crippen LogP contribution in [0.15, 0.2) is 66.2 Å². The molecule has 1 atom stereocenters. The molecule has 1 aliphatic rings. The van der Waals surface area contributed by atoms with Crippen molar-refractivity contribution >= 4 is 46.3 Å². The normalized spacial score (nSPS) is 17.3. The lowest BCUT2D eigenvalue weighted by Gasteiger charge is -2.26. The van der Waals surface area contributed by atoms with Gasteiger partial charge in [0.25, 0.3) is 11.7 Å². The van der Waals surface area contributed by atoms with Gasteiger partial charge in [0, 0.05) is 21.3 Å². The van der Waals surface area contributed by atoms with E-state index >= 15 is 0 Å². The number of carbonyl (C=O) groups excluding carboxylic acids is 2. The highest BCUT2D eigenvalue weighted by atomic mass is 35.5. The maximum atomic E-state index is 13.4. The molecule has 1 fully saturated rings. The molecule has 0 aromatic heterocycles. The standard InChI is InChI=1S/C28H25Cl2NO4/c1-15(2)21-13-18(8-12-23(21)35-4)26(32)24-25(17-6-9-19(29)10-7-17)31(28(34)27(24)33)20-11-5-16(3)22(30)14-20/h5-15,25,32H,1-4H3/b26-24-. The summed E-state index contributed by atoms with van der Waals surface area (Å²) in [7, 11) is 1.58. The lowest BCUT2D eigenvalue weighted by atomic mass is 9.93. The van der Waals surface area contributed by atoms with E-state index in [1.807, 2.05) is 20.8 Å². The Morgan fingerprint density at radius 1 is 1.00 bits per heavy atom. The number of aryl methyl sites for hydroxylation is 1. The molecule has 0 spiro atoms. The van der Waals surface area contributed by atoms with Gasteiger partial charge >= 0.3 is 0 Å². The zero-order valence-corrected chi connectivity index (χ0v) is 21.3. The molecule has 4 rings (SSSR count). The lowest BCUT2D eigenvalue weighted by Crippen LogP contribution is -2.29. The smallest absolute Gasteiger partial charge is 0.300 e. The predicted octanol–water partition coefficient (Wildman–Crippen LogP) is 7.06. The zero-order chi connectivity index (χ0) is 25.4. The van der Waals surface area contributed by atoms with Crippen LogP contribution in [0.4, 0.5) is 5.69 Å². The fourth-order valence-corrected chi connectivity index (χ4v) is 4.58. The summed E-state index contributed by atoms with van der Waals surface area (Å²) in [5, 5.41) is 12.4. The van der Waals surface area contributed by atoms with E-state index in [0.29, 0.717) is 32.6 Å². The molecule has 35 heavy (non-hydrogen) atoms. The number of anilines is 1. The van der Waals surface area contributed by atoms with Gasteiger partial charge in [0.05, 0.1) is 18.7 Å². The summed E-state index contributed by atoms with van der Waals surface area (Å²) < 4.78 is 5.45. The minimum Gasteiger partial charge on any atom is -0.507 e. The Balaban J connectivity index is 1.95. The topological polar surface area (TPSA) is 66.8 Å². The van der Waals surface area contributed by atoms with Crippen LogP contribution in [0, 0.1) is 6.92 Å². The van der Waals surface area contributed by atoms with Crippen LogP contribution >= 0.6 is 23.2 Å². The van der Waals surface area contributed by atoms with Crippen LogP contribution in [0.3, 0.4) is 0 Å². The third kappa shape index (κ3) is 4.54. The third-order valence-electron chi connectivity index (χ3n) is 6.19. The molecule has 3 aromatic carbocycles. The fraction of sp³-hybridized carbons (Fsp3) is 0.214. The number of hydrogen-bond acceptors (Lipinski definition) is 4. The van der Waals surface area contributed by atoms with Gasteiger partial charge in [0.1, 0.15) is 11.5 Å². The number of hydrogen-bond donors (Lipinski definition) is 1. The molecule has 1 unspecified atom stereocenters. The molecule has 1 aliphatic heterocycles. The number of aliphatic hydroxyl groups excluding tert-OH is 1. The highest BCUT2D eigenvalue weighted by molar-refractivity contribution is 6.51. The van der Waals surface area contributed by atoms with Gasteiger partial charge in [0.15, 0.2) is 0 Å². The highest BCUT2D eigenvalue weighted by Gasteiger charge is 2.47. The van der Waals surface area contributed by atoms with E-state index in [0.717, 1.165) is 11.1 Å².